The molecule has 0 bridgehead atoms. The molecule has 1 aromatic carbocycles. The summed E-state index contributed by atoms with van der Waals surface area (Å²) in [6.45, 7) is 1.51. The van der Waals surface area contributed by atoms with Crippen LogP contribution in [0.4, 0.5) is 11.5 Å². The highest BCUT2D eigenvalue weighted by Crippen LogP contribution is 2.39. The molecule has 0 radical (unpaired) electrons. The van der Waals surface area contributed by atoms with Crippen molar-refractivity contribution in [2.45, 2.75) is 25.2 Å². The molecule has 0 unspecified atom stereocenters. The summed E-state index contributed by atoms with van der Waals surface area (Å²) in [5, 5.41) is 30.0. The fourth-order valence-corrected chi connectivity index (χ4v) is 2.67. The molecule has 0 saturated carbocycles. The zero-order valence-corrected chi connectivity index (χ0v) is 11.1. The van der Waals surface area contributed by atoms with Gasteiger partial charge >= 0.3 is 0 Å². The highest BCUT2D eigenvalue weighted by Gasteiger charge is 2.42. The van der Waals surface area contributed by atoms with E-state index in [1.807, 2.05) is 30.3 Å². The number of aliphatic hydroxyl groups is 3. The molecule has 0 fully saturated rings. The summed E-state index contributed by atoms with van der Waals surface area (Å²) in [6.07, 6.45) is -2.17. The first-order valence-corrected chi connectivity index (χ1v) is 6.51. The third kappa shape index (κ3) is 1.89. The lowest BCUT2D eigenvalue weighted by molar-refractivity contribution is -0.0162. The molecular formula is C14H17N3O3. The minimum Gasteiger partial charge on any atom is -0.394 e. The number of anilines is 2. The van der Waals surface area contributed by atoms with Crippen molar-refractivity contribution in [3.8, 4) is 0 Å². The molecular weight excluding hydrogens is 258 g/mol. The lowest BCUT2D eigenvalue weighted by atomic mass is 9.96. The van der Waals surface area contributed by atoms with E-state index in [-0.39, 0.29) is 6.61 Å². The summed E-state index contributed by atoms with van der Waals surface area (Å²) in [6, 6.07) is 8.76. The Morgan fingerprint density at radius 2 is 1.95 bits per heavy atom. The number of rotatable bonds is 2. The zero-order valence-electron chi connectivity index (χ0n) is 11.1. The van der Waals surface area contributed by atoms with Crippen LogP contribution in [0, 0.1) is 6.92 Å². The molecule has 0 saturated heterocycles. The van der Waals surface area contributed by atoms with Crippen LogP contribution in [-0.2, 0) is 0 Å². The topological polar surface area (TPSA) is 92.6 Å². The van der Waals surface area contributed by atoms with Crippen LogP contribution in [0.2, 0.25) is 0 Å². The van der Waals surface area contributed by atoms with Crippen molar-refractivity contribution in [1.29, 1.82) is 0 Å². The van der Waals surface area contributed by atoms with Gasteiger partial charge in [-0.25, -0.2) is 4.98 Å². The SMILES string of the molecule is Cc1nc2c([nH]1)[C@@H](O)[C@@H](O)[C@H](CO)N2c1ccccc1. The quantitative estimate of drug-likeness (QED) is 0.645. The van der Waals surface area contributed by atoms with Crippen molar-refractivity contribution in [2.75, 3.05) is 11.5 Å². The van der Waals surface area contributed by atoms with Gasteiger partial charge in [0.2, 0.25) is 0 Å². The number of aliphatic hydroxyl groups excluding tert-OH is 3. The standard InChI is InChI=1S/C14H17N3O3/c1-8-15-11-13(20)12(19)10(7-18)17(14(11)16-8)9-5-3-2-4-6-9/h2-6,10,12-13,18-20H,7H2,1H3,(H,15,16)/t10-,12-,13+/m0/s1. The molecule has 0 amide bonds. The monoisotopic (exact) mass is 275 g/mol. The van der Waals surface area contributed by atoms with Crippen LogP contribution in [-0.4, -0.2) is 44.0 Å². The summed E-state index contributed by atoms with van der Waals surface area (Å²) >= 11 is 0. The van der Waals surface area contributed by atoms with Gasteiger partial charge in [-0.3, -0.25) is 0 Å². The van der Waals surface area contributed by atoms with E-state index in [1.54, 1.807) is 11.8 Å². The highest BCUT2D eigenvalue weighted by molar-refractivity contribution is 5.65. The number of aromatic amines is 1. The Bertz CT molecular complexity index is 599. The lowest BCUT2D eigenvalue weighted by Gasteiger charge is -2.40. The highest BCUT2D eigenvalue weighted by atomic mass is 16.3. The number of nitrogens with one attached hydrogen (secondary N) is 1. The maximum Gasteiger partial charge on any atom is 0.157 e. The van der Waals surface area contributed by atoms with Crippen molar-refractivity contribution < 1.29 is 15.3 Å². The Labute approximate surface area is 116 Å². The number of benzene rings is 1. The zero-order chi connectivity index (χ0) is 14.3. The first kappa shape index (κ1) is 13.1. The van der Waals surface area contributed by atoms with E-state index in [1.165, 1.54) is 0 Å². The van der Waals surface area contributed by atoms with Crippen LogP contribution >= 0.6 is 0 Å². The minimum absolute atomic E-state index is 0.279. The average molecular weight is 275 g/mol. The third-order valence-corrected chi connectivity index (χ3v) is 3.62. The van der Waals surface area contributed by atoms with E-state index in [2.05, 4.69) is 9.97 Å². The summed E-state index contributed by atoms with van der Waals surface area (Å²) in [7, 11) is 0. The van der Waals surface area contributed by atoms with E-state index < -0.39 is 18.2 Å². The number of fused-ring (bicyclic) bond motifs is 1. The van der Waals surface area contributed by atoms with E-state index in [9.17, 15) is 15.3 Å². The first-order chi connectivity index (χ1) is 9.63. The maximum atomic E-state index is 10.2. The lowest BCUT2D eigenvalue weighted by Crippen LogP contribution is -2.50. The van der Waals surface area contributed by atoms with E-state index >= 15 is 0 Å². The van der Waals surface area contributed by atoms with Crippen LogP contribution in [0.5, 0.6) is 0 Å². The van der Waals surface area contributed by atoms with Gasteiger partial charge < -0.3 is 25.2 Å². The molecule has 4 N–H and O–H groups in total. The Morgan fingerprint density at radius 1 is 1.25 bits per heavy atom. The number of nitrogens with zero attached hydrogens (tertiary/aromatic N) is 2. The molecule has 1 aliphatic heterocycles. The van der Waals surface area contributed by atoms with Gasteiger partial charge in [0.1, 0.15) is 18.0 Å². The van der Waals surface area contributed by atoms with Crippen LogP contribution in [0.1, 0.15) is 17.6 Å². The van der Waals surface area contributed by atoms with Gasteiger partial charge in [-0.2, -0.15) is 0 Å². The number of hydrogen-bond acceptors (Lipinski definition) is 5. The van der Waals surface area contributed by atoms with Gasteiger partial charge in [0.15, 0.2) is 5.82 Å². The summed E-state index contributed by atoms with van der Waals surface area (Å²) in [4.78, 5) is 9.12. The average Bonchev–Trinajstić information content (AvgIpc) is 2.85. The number of para-hydroxylation sites is 1. The molecule has 20 heavy (non-hydrogen) atoms. The number of aryl methyl sites for hydroxylation is 1. The Morgan fingerprint density at radius 3 is 2.60 bits per heavy atom. The molecule has 1 aromatic heterocycles. The van der Waals surface area contributed by atoms with Crippen molar-refractivity contribution >= 4 is 11.5 Å². The Hall–Kier alpha value is -1.89. The van der Waals surface area contributed by atoms with E-state index in [4.69, 9.17) is 0 Å². The second-order valence-corrected chi connectivity index (χ2v) is 4.95. The van der Waals surface area contributed by atoms with Crippen LogP contribution in [0.25, 0.3) is 0 Å². The number of H-pyrrole nitrogens is 1. The molecule has 2 heterocycles. The fraction of sp³-hybridized carbons (Fsp3) is 0.357. The van der Waals surface area contributed by atoms with E-state index in [0.717, 1.165) is 5.69 Å². The number of imidazole rings is 1. The molecule has 3 rings (SSSR count). The van der Waals surface area contributed by atoms with E-state index in [0.29, 0.717) is 17.3 Å². The van der Waals surface area contributed by atoms with Crippen LogP contribution in [0.15, 0.2) is 30.3 Å². The van der Waals surface area contributed by atoms with Gasteiger partial charge in [-0.15, -0.1) is 0 Å². The van der Waals surface area contributed by atoms with Crippen molar-refractivity contribution in [2.24, 2.45) is 0 Å². The van der Waals surface area contributed by atoms with Crippen LogP contribution in [0.3, 0.4) is 0 Å². The van der Waals surface area contributed by atoms with Crippen molar-refractivity contribution in [1.82, 2.24) is 9.97 Å². The van der Waals surface area contributed by atoms with Crippen molar-refractivity contribution in [3.63, 3.8) is 0 Å². The van der Waals surface area contributed by atoms with Gasteiger partial charge in [0, 0.05) is 5.69 Å². The summed E-state index contributed by atoms with van der Waals surface area (Å²) < 4.78 is 0. The first-order valence-electron chi connectivity index (χ1n) is 6.51. The number of aromatic nitrogens is 2. The largest absolute Gasteiger partial charge is 0.394 e. The molecule has 6 nitrogen and oxygen atoms in total. The number of hydrogen-bond donors (Lipinski definition) is 4. The third-order valence-electron chi connectivity index (χ3n) is 3.62. The van der Waals surface area contributed by atoms with Crippen LogP contribution < -0.4 is 4.90 Å². The smallest absolute Gasteiger partial charge is 0.157 e. The minimum atomic E-state index is -1.09. The molecule has 6 heteroatoms. The second kappa shape index (κ2) is 4.90. The van der Waals surface area contributed by atoms with Gasteiger partial charge in [0.25, 0.3) is 0 Å². The molecule has 1 aliphatic rings. The van der Waals surface area contributed by atoms with Gasteiger partial charge in [0.05, 0.1) is 18.3 Å². The predicted octanol–water partition coefficient (Wildman–Crippen LogP) is 0.625. The normalized spacial score (nSPS) is 25.6. The molecule has 0 aliphatic carbocycles. The Balaban J connectivity index is 2.16. The second-order valence-electron chi connectivity index (χ2n) is 4.95. The molecule has 0 spiro atoms. The predicted molar refractivity (Wildman–Crippen MR) is 73.7 cm³/mol. The molecule has 3 atom stereocenters. The summed E-state index contributed by atoms with van der Waals surface area (Å²) in [5.74, 6) is 1.20. The Kier molecular flexibility index (Phi) is 3.21. The summed E-state index contributed by atoms with van der Waals surface area (Å²) in [5.41, 5.74) is 1.29. The van der Waals surface area contributed by atoms with Crippen molar-refractivity contribution in [3.05, 3.63) is 41.9 Å². The fourth-order valence-electron chi connectivity index (χ4n) is 2.67. The van der Waals surface area contributed by atoms with Gasteiger partial charge in [-0.05, 0) is 19.1 Å². The molecule has 106 valence electrons. The maximum absolute atomic E-state index is 10.2. The molecule has 2 aromatic rings. The van der Waals surface area contributed by atoms with Gasteiger partial charge in [-0.1, -0.05) is 18.2 Å².